The van der Waals surface area contributed by atoms with E-state index in [1.54, 1.807) is 73.7 Å². The van der Waals surface area contributed by atoms with Crippen molar-refractivity contribution >= 4 is 164 Å². The Morgan fingerprint density at radius 3 is 0.903 bits per heavy atom. The van der Waals surface area contributed by atoms with Gasteiger partial charge >= 0.3 is 0 Å². The van der Waals surface area contributed by atoms with Crippen LogP contribution in [0.5, 0.6) is 0 Å². The van der Waals surface area contributed by atoms with Crippen LogP contribution in [0.2, 0.25) is 0 Å². The van der Waals surface area contributed by atoms with Crippen molar-refractivity contribution in [1.82, 2.24) is 69.8 Å². The number of hydrogen-bond acceptors (Lipinski definition) is 23. The molecule has 5 amide bonds. The van der Waals surface area contributed by atoms with Gasteiger partial charge < -0.3 is 65.2 Å². The first-order chi connectivity index (χ1) is 64.5. The van der Waals surface area contributed by atoms with Gasteiger partial charge in [0.05, 0.1) is 92.1 Å². The van der Waals surface area contributed by atoms with Crippen molar-refractivity contribution in [1.29, 1.82) is 5.26 Å². The van der Waals surface area contributed by atoms with Crippen LogP contribution in [-0.2, 0) is 24.0 Å². The van der Waals surface area contributed by atoms with Crippen molar-refractivity contribution in [2.45, 2.75) is 104 Å². The number of benzene rings is 3. The smallest absolute Gasteiger partial charge is 0.231 e. The molecule has 3 aromatic carbocycles. The maximum atomic E-state index is 13.1. The highest BCUT2D eigenvalue weighted by Gasteiger charge is 2.47. The van der Waals surface area contributed by atoms with Gasteiger partial charge in [-0.3, -0.25) is 33.9 Å². The molecule has 17 N–H and O–H groups in total. The molecule has 0 unspecified atom stereocenters. The van der Waals surface area contributed by atoms with Gasteiger partial charge in [-0.25, -0.2) is 67.4 Å². The fourth-order valence-electron chi connectivity index (χ4n) is 16.1. The molecule has 10 atom stereocenters. The number of anilines is 10. The van der Waals surface area contributed by atoms with E-state index in [1.165, 1.54) is 5.56 Å². The largest absolute Gasteiger partial charge is 0.383 e. The zero-order valence-corrected chi connectivity index (χ0v) is 73.2. The molecule has 672 valence electrons. The molecule has 0 bridgehead atoms. The number of nitrogen functional groups attached to an aromatic ring is 5. The number of pyridine rings is 12. The second kappa shape index (κ2) is 36.4. The Hall–Kier alpha value is -16.6. The van der Waals surface area contributed by atoms with Crippen LogP contribution < -0.4 is 55.3 Å². The average molecular weight is 1800 g/mol. The first-order valence-corrected chi connectivity index (χ1v) is 43.4. The van der Waals surface area contributed by atoms with Crippen molar-refractivity contribution in [3.05, 3.63) is 229 Å². The predicted octanol–water partition coefficient (Wildman–Crippen LogP) is 17.8. The Balaban J connectivity index is 0.000000112. The number of H-pyrrole nitrogens is 2. The minimum Gasteiger partial charge on any atom is -0.383 e. The number of amides is 5. The van der Waals surface area contributed by atoms with E-state index in [4.69, 9.17) is 33.9 Å². The Kier molecular flexibility index (Phi) is 23.9. The fourth-order valence-corrected chi connectivity index (χ4v) is 16.1. The van der Waals surface area contributed by atoms with Crippen molar-refractivity contribution in [2.24, 2.45) is 35.5 Å². The molecule has 34 heteroatoms. The van der Waals surface area contributed by atoms with Gasteiger partial charge in [0.1, 0.15) is 82.9 Å². The molecule has 134 heavy (non-hydrogen) atoms. The van der Waals surface area contributed by atoms with Gasteiger partial charge in [0.15, 0.2) is 0 Å². The Labute approximate surface area is 762 Å². The standard InChI is InChI=1S/C22H21N5O.2C20H17FN6O.2C19H17FN4O/c1-12(2)15-5-3-4-6-16(15)19-8-13-9-20(25-11-18(13)21(24)26-19)27-22(28)17-7-14(17)10-23;2*1-9-12(7-24-15-2-3-23-18(9)15)16-4-10-5-17(25-8-13(10)19(22)26-16)27-20(28)11-6-14(11)21;2*1-10-4-2-3-5-12(10)16-6-11-7-17(22-9-14(11)18(21)23-16)24-19(25)13-8-15(13)20/h3-6,8-9,11-12,14,17H,7H2,1-2H3,(H2,24,26)(H,25,27,28);2*2-5,7-8,11,14,23H,6H2,1H3,(H2,22,26)(H,25,27,28);2*2-7,9,13,15H,8H2,1H3,(H2,21,23)(H,22,24,25)/t14-,17+;2*11-,14+;2*13-,15-/m01010/s1. The van der Waals surface area contributed by atoms with Gasteiger partial charge in [-0.2, -0.15) is 5.26 Å². The van der Waals surface area contributed by atoms with Gasteiger partial charge in [-0.1, -0.05) is 86.6 Å². The number of nitrogens with two attached hydrogens (primary N) is 5. The number of aryl methyl sites for hydroxylation is 4. The number of nitrogens with zero attached hydrogens (tertiary/aromatic N) is 13. The normalized spacial score (nSPS) is 18.6. The number of fused-ring (bicyclic) bond motifs is 7. The van der Waals surface area contributed by atoms with Crippen LogP contribution in [-0.4, -0.2) is 124 Å². The number of nitrogens with one attached hydrogen (secondary N) is 7. The Morgan fingerprint density at radius 2 is 0.627 bits per heavy atom. The van der Waals surface area contributed by atoms with Crippen molar-refractivity contribution < 1.29 is 41.5 Å². The van der Waals surface area contributed by atoms with E-state index in [9.17, 15) is 41.5 Å². The van der Waals surface area contributed by atoms with Crippen molar-refractivity contribution in [3.63, 3.8) is 0 Å². The third kappa shape index (κ3) is 18.8. The number of aromatic amines is 2. The SMILES string of the molecule is CC(C)c1ccccc1-c1cc2cc(NC(=O)[C@@H]3C[C@H]3C#N)ncc2c(N)n1.Cc1c(-c2cc3cc(NC(=O)[C@@H]4C[C@@H]4F)ncc3c(N)n2)cnc2cc[nH]c12.Cc1c(-c2cc3cc(NC(=O)[C@H]4C[C@H]4F)ncc3c(N)n2)cnc2cc[nH]c12.Cc1ccccc1-c1cc2cc(NC(=O)[C@@H]3C[C@H]3F)ncc2c(N)n1.Cc1ccccc1-c1cc2cc(NC(=O)[C@H]3C[C@@H]3F)ncc2c(N)n1. The maximum absolute atomic E-state index is 13.1. The lowest BCUT2D eigenvalue weighted by molar-refractivity contribution is -0.118. The zero-order chi connectivity index (χ0) is 93.8. The second-order valence-corrected chi connectivity index (χ2v) is 34.3. The van der Waals surface area contributed by atoms with E-state index in [0.29, 0.717) is 103 Å². The first kappa shape index (κ1) is 88.1. The number of alkyl halides is 4. The number of carbonyl (C=O) groups excluding carboxylic acids is 5. The van der Waals surface area contributed by atoms with Gasteiger partial charge in [-0.15, -0.1) is 0 Å². The molecule has 22 rings (SSSR count). The highest BCUT2D eigenvalue weighted by Crippen LogP contribution is 2.43. The van der Waals surface area contributed by atoms with Crippen LogP contribution in [0.1, 0.15) is 79.7 Å². The summed E-state index contributed by atoms with van der Waals surface area (Å²) in [6, 6.07) is 48.2. The van der Waals surface area contributed by atoms with Gasteiger partial charge in [-0.05, 0) is 193 Å². The molecule has 14 aromatic heterocycles. The third-order valence-electron chi connectivity index (χ3n) is 24.4. The molecular formula is C100H89F4N25O5. The van der Waals surface area contributed by atoms with Gasteiger partial charge in [0.25, 0.3) is 0 Å². The summed E-state index contributed by atoms with van der Waals surface area (Å²) >= 11 is 0. The van der Waals surface area contributed by atoms with Gasteiger partial charge in [0.2, 0.25) is 29.5 Å². The zero-order valence-electron chi connectivity index (χ0n) is 73.2. The first-order valence-electron chi connectivity index (χ1n) is 43.4. The minimum atomic E-state index is -1.05. The molecule has 5 fully saturated rings. The Bertz CT molecular complexity index is 7300. The molecule has 5 aliphatic carbocycles. The second-order valence-electron chi connectivity index (χ2n) is 34.3. The average Bonchev–Trinajstić information content (AvgIpc) is 1.60. The molecule has 0 saturated heterocycles. The fraction of sp³-hybridized carbons (Fsp3) is 0.220. The van der Waals surface area contributed by atoms with Crippen LogP contribution in [0.3, 0.4) is 0 Å². The van der Waals surface area contributed by atoms with Crippen LogP contribution >= 0.6 is 0 Å². The lowest BCUT2D eigenvalue weighted by Crippen LogP contribution is -2.15. The molecule has 30 nitrogen and oxygen atoms in total. The summed E-state index contributed by atoms with van der Waals surface area (Å²) in [5, 5.41) is 30.0. The highest BCUT2D eigenvalue weighted by atomic mass is 19.1. The van der Waals surface area contributed by atoms with Crippen molar-refractivity contribution in [3.8, 4) is 62.4 Å². The molecule has 0 aliphatic heterocycles. The summed E-state index contributed by atoms with van der Waals surface area (Å²) in [6.07, 6.45) is 12.7. The van der Waals surface area contributed by atoms with E-state index in [1.807, 2.05) is 149 Å². The van der Waals surface area contributed by atoms with Crippen LogP contribution in [0.4, 0.5) is 75.7 Å². The van der Waals surface area contributed by atoms with E-state index in [0.717, 1.165) is 122 Å². The summed E-state index contributed by atoms with van der Waals surface area (Å²) < 4.78 is 52.2. The van der Waals surface area contributed by atoms with Crippen LogP contribution in [0.25, 0.3) is 132 Å². The topological polar surface area (TPSA) is 486 Å². The lowest BCUT2D eigenvalue weighted by atomic mass is 9.94. The van der Waals surface area contributed by atoms with Crippen molar-refractivity contribution in [2.75, 3.05) is 55.3 Å². The number of aromatic nitrogens is 14. The number of carbonyl (C=O) groups is 5. The van der Waals surface area contributed by atoms with Crippen LogP contribution in [0, 0.1) is 74.5 Å². The summed E-state index contributed by atoms with van der Waals surface area (Å²) in [4.78, 5) is 119. The number of nitriles is 1. The van der Waals surface area contributed by atoms with Crippen LogP contribution in [0.15, 0.2) is 201 Å². The lowest BCUT2D eigenvalue weighted by Gasteiger charge is -2.14. The predicted molar refractivity (Wildman–Crippen MR) is 512 cm³/mol. The van der Waals surface area contributed by atoms with E-state index >= 15 is 0 Å². The number of halogens is 4. The summed E-state index contributed by atoms with van der Waals surface area (Å²) in [6.45, 7) is 12.3. The number of hydrogen-bond donors (Lipinski definition) is 12. The highest BCUT2D eigenvalue weighted by molar-refractivity contribution is 6.05. The monoisotopic (exact) mass is 1800 g/mol. The molecule has 17 aromatic rings. The van der Waals surface area contributed by atoms with Gasteiger partial charge in [0, 0.05) is 111 Å². The van der Waals surface area contributed by atoms with E-state index in [2.05, 4.69) is 122 Å². The summed E-state index contributed by atoms with van der Waals surface area (Å²) in [5.74, 6) is -0.0292. The molecule has 5 saturated carbocycles. The molecular weight excluding hydrogens is 1710 g/mol. The maximum Gasteiger partial charge on any atom is 0.231 e. The minimum absolute atomic E-state index is 0.161. The summed E-state index contributed by atoms with van der Waals surface area (Å²) in [7, 11) is 0. The third-order valence-corrected chi connectivity index (χ3v) is 24.4. The molecule has 14 heterocycles. The quantitative estimate of drug-likeness (QED) is 0.0400. The molecule has 0 radical (unpaired) electrons. The Morgan fingerprint density at radius 1 is 0.358 bits per heavy atom. The van der Waals surface area contributed by atoms with E-state index < -0.39 is 48.4 Å². The molecule has 5 aliphatic rings. The molecule has 0 spiro atoms. The summed E-state index contributed by atoms with van der Waals surface area (Å²) in [5.41, 5.74) is 48.2. The number of rotatable bonds is 16. The van der Waals surface area contributed by atoms with E-state index in [-0.39, 0.29) is 67.1 Å².